The number of esters is 1. The maximum atomic E-state index is 12.5. The zero-order valence-corrected chi connectivity index (χ0v) is 19.9. The summed E-state index contributed by atoms with van der Waals surface area (Å²) in [7, 11) is 1.31. The Morgan fingerprint density at radius 2 is 1.41 bits per heavy atom. The van der Waals surface area contributed by atoms with Gasteiger partial charge in [-0.2, -0.15) is 0 Å². The van der Waals surface area contributed by atoms with E-state index in [2.05, 4.69) is 19.2 Å². The maximum absolute atomic E-state index is 12.5. The van der Waals surface area contributed by atoms with E-state index in [4.69, 9.17) is 14.2 Å². The van der Waals surface area contributed by atoms with E-state index in [-0.39, 0.29) is 12.3 Å². The molecular formula is C28H31NO5. The number of rotatable bonds is 11. The largest absolute Gasteiger partial charge is 0.493 e. The highest BCUT2D eigenvalue weighted by molar-refractivity contribution is 6.01. The molecule has 0 spiro atoms. The van der Waals surface area contributed by atoms with Gasteiger partial charge in [-0.3, -0.25) is 4.79 Å². The summed E-state index contributed by atoms with van der Waals surface area (Å²) in [4.78, 5) is 24.4. The highest BCUT2D eigenvalue weighted by atomic mass is 16.5. The van der Waals surface area contributed by atoms with E-state index < -0.39 is 5.97 Å². The number of hydrogen-bond donors (Lipinski definition) is 1. The molecule has 0 aliphatic carbocycles. The third kappa shape index (κ3) is 7.10. The lowest BCUT2D eigenvalue weighted by atomic mass is 10.1. The molecule has 1 N–H and O–H groups in total. The van der Waals surface area contributed by atoms with Crippen molar-refractivity contribution in [3.8, 4) is 17.2 Å². The van der Waals surface area contributed by atoms with Crippen molar-refractivity contribution in [2.45, 2.75) is 33.1 Å². The number of carbonyl (C=O) groups is 2. The first-order valence-corrected chi connectivity index (χ1v) is 11.5. The molecular weight excluding hydrogens is 430 g/mol. The van der Waals surface area contributed by atoms with E-state index in [1.165, 1.54) is 7.11 Å². The van der Waals surface area contributed by atoms with Crippen molar-refractivity contribution in [3.05, 3.63) is 83.9 Å². The maximum Gasteiger partial charge on any atom is 0.339 e. The number of methoxy groups -OCH3 is 1. The van der Waals surface area contributed by atoms with Crippen LogP contribution in [0.2, 0.25) is 0 Å². The van der Waals surface area contributed by atoms with Crippen molar-refractivity contribution >= 4 is 17.6 Å². The lowest BCUT2D eigenvalue weighted by molar-refractivity contribution is -0.115. The van der Waals surface area contributed by atoms with E-state index in [1.54, 1.807) is 24.3 Å². The molecule has 0 aromatic heterocycles. The van der Waals surface area contributed by atoms with Gasteiger partial charge in [0.1, 0.15) is 17.2 Å². The van der Waals surface area contributed by atoms with E-state index in [1.807, 2.05) is 48.5 Å². The summed E-state index contributed by atoms with van der Waals surface area (Å²) < 4.78 is 16.5. The summed E-state index contributed by atoms with van der Waals surface area (Å²) in [5, 5.41) is 2.78. The summed E-state index contributed by atoms with van der Waals surface area (Å²) in [6.07, 6.45) is 2.38. The predicted molar refractivity (Wildman–Crippen MR) is 133 cm³/mol. The molecule has 6 nitrogen and oxygen atoms in total. The topological polar surface area (TPSA) is 73.9 Å². The molecule has 0 aliphatic heterocycles. The Hall–Kier alpha value is -3.80. The average molecular weight is 462 g/mol. The Balaban J connectivity index is 1.53. The van der Waals surface area contributed by atoms with Gasteiger partial charge in [-0.1, -0.05) is 51.0 Å². The van der Waals surface area contributed by atoms with Gasteiger partial charge in [0.15, 0.2) is 0 Å². The monoisotopic (exact) mass is 461 g/mol. The minimum atomic E-state index is -0.497. The first-order valence-electron chi connectivity index (χ1n) is 11.5. The Bertz CT molecular complexity index is 1070. The van der Waals surface area contributed by atoms with Crippen molar-refractivity contribution in [1.82, 2.24) is 0 Å². The zero-order chi connectivity index (χ0) is 24.3. The van der Waals surface area contributed by atoms with Gasteiger partial charge >= 0.3 is 5.97 Å². The molecule has 0 radical (unpaired) electrons. The molecule has 0 bridgehead atoms. The van der Waals surface area contributed by atoms with Gasteiger partial charge < -0.3 is 19.5 Å². The normalized spacial score (nSPS) is 10.6. The summed E-state index contributed by atoms with van der Waals surface area (Å²) in [5.41, 5.74) is 1.56. The van der Waals surface area contributed by atoms with Crippen LogP contribution >= 0.6 is 0 Å². The number of para-hydroxylation sites is 1. The summed E-state index contributed by atoms with van der Waals surface area (Å²) in [6, 6.07) is 21.6. The molecule has 0 atom stereocenters. The van der Waals surface area contributed by atoms with Crippen molar-refractivity contribution in [2.24, 2.45) is 5.92 Å². The fourth-order valence-corrected chi connectivity index (χ4v) is 3.41. The van der Waals surface area contributed by atoms with E-state index in [0.717, 1.165) is 30.8 Å². The Labute approximate surface area is 200 Å². The third-order valence-electron chi connectivity index (χ3n) is 5.59. The number of benzene rings is 3. The van der Waals surface area contributed by atoms with Crippen molar-refractivity contribution < 1.29 is 23.8 Å². The number of hydrogen-bond acceptors (Lipinski definition) is 5. The third-order valence-corrected chi connectivity index (χ3v) is 5.59. The lowest BCUT2D eigenvalue weighted by Gasteiger charge is -2.14. The van der Waals surface area contributed by atoms with Crippen molar-refractivity contribution in [3.63, 3.8) is 0 Å². The highest BCUT2D eigenvalue weighted by Crippen LogP contribution is 2.25. The smallest absolute Gasteiger partial charge is 0.339 e. The van der Waals surface area contributed by atoms with Crippen LogP contribution in [0, 0.1) is 5.92 Å². The second-order valence-corrected chi connectivity index (χ2v) is 7.97. The minimum Gasteiger partial charge on any atom is -0.493 e. The first-order chi connectivity index (χ1) is 16.5. The van der Waals surface area contributed by atoms with Gasteiger partial charge in [0.05, 0.1) is 31.4 Å². The minimum absolute atomic E-state index is 0.165. The molecule has 0 unspecified atom stereocenters. The molecule has 1 amide bonds. The molecule has 0 saturated carbocycles. The Morgan fingerprint density at radius 1 is 0.824 bits per heavy atom. The fraction of sp³-hybridized carbons (Fsp3) is 0.286. The van der Waals surface area contributed by atoms with Crippen LogP contribution < -0.4 is 14.8 Å². The molecule has 0 heterocycles. The quantitative estimate of drug-likeness (QED) is 0.341. The molecule has 0 fully saturated rings. The number of amides is 1. The van der Waals surface area contributed by atoms with Crippen molar-refractivity contribution in [2.75, 3.05) is 19.0 Å². The van der Waals surface area contributed by atoms with Gasteiger partial charge in [-0.15, -0.1) is 0 Å². The molecule has 34 heavy (non-hydrogen) atoms. The predicted octanol–water partition coefficient (Wildman–Crippen LogP) is 6.26. The van der Waals surface area contributed by atoms with Crippen LogP contribution in [0.15, 0.2) is 72.8 Å². The van der Waals surface area contributed by atoms with Crippen LogP contribution in [-0.4, -0.2) is 25.6 Å². The van der Waals surface area contributed by atoms with Crippen LogP contribution in [0.4, 0.5) is 5.69 Å². The summed E-state index contributed by atoms with van der Waals surface area (Å²) in [6.45, 7) is 5.07. The van der Waals surface area contributed by atoms with Crippen LogP contribution in [0.3, 0.4) is 0 Å². The standard InChI is InChI=1S/C28H31NO5/c1-4-20(5-2)19-33-22-14-16-24(17-15-22)34-23-12-10-21(11-13-23)18-27(30)29-26-9-7-6-8-25(26)28(31)32-3/h6-17,20H,4-5,18-19H2,1-3H3,(H,29,30). The number of carbonyl (C=O) groups excluding carboxylic acids is 2. The lowest BCUT2D eigenvalue weighted by Crippen LogP contribution is -2.17. The van der Waals surface area contributed by atoms with Crippen molar-refractivity contribution in [1.29, 1.82) is 0 Å². The Kier molecular flexibility index (Phi) is 9.09. The fourth-order valence-electron chi connectivity index (χ4n) is 3.41. The molecule has 3 rings (SSSR count). The summed E-state index contributed by atoms with van der Waals surface area (Å²) in [5.74, 6) is 2.05. The first kappa shape index (κ1) is 24.8. The van der Waals surface area contributed by atoms with Crippen LogP contribution in [0.1, 0.15) is 42.6 Å². The molecule has 3 aromatic carbocycles. The van der Waals surface area contributed by atoms with Crippen LogP contribution in [-0.2, 0) is 16.0 Å². The van der Waals surface area contributed by atoms with Gasteiger partial charge in [0.2, 0.25) is 5.91 Å². The second kappa shape index (κ2) is 12.4. The molecule has 0 saturated heterocycles. The molecule has 6 heteroatoms. The molecule has 3 aromatic rings. The Morgan fingerprint density at radius 3 is 2.03 bits per heavy atom. The van der Waals surface area contributed by atoms with E-state index in [9.17, 15) is 9.59 Å². The number of anilines is 1. The second-order valence-electron chi connectivity index (χ2n) is 7.97. The van der Waals surface area contributed by atoms with Crippen LogP contribution in [0.25, 0.3) is 0 Å². The van der Waals surface area contributed by atoms with Crippen LogP contribution in [0.5, 0.6) is 17.2 Å². The van der Waals surface area contributed by atoms with E-state index in [0.29, 0.717) is 28.7 Å². The van der Waals surface area contributed by atoms with Gasteiger partial charge in [0.25, 0.3) is 0 Å². The summed E-state index contributed by atoms with van der Waals surface area (Å²) >= 11 is 0. The van der Waals surface area contributed by atoms with E-state index >= 15 is 0 Å². The van der Waals surface area contributed by atoms with Gasteiger partial charge in [-0.05, 0) is 60.0 Å². The number of ether oxygens (including phenoxy) is 3. The SMILES string of the molecule is CCC(CC)COc1ccc(Oc2ccc(CC(=O)Nc3ccccc3C(=O)OC)cc2)cc1. The molecule has 178 valence electrons. The highest BCUT2D eigenvalue weighted by Gasteiger charge is 2.13. The van der Waals surface area contributed by atoms with Gasteiger partial charge in [0, 0.05) is 0 Å². The number of nitrogens with one attached hydrogen (secondary N) is 1. The molecule has 0 aliphatic rings. The zero-order valence-electron chi connectivity index (χ0n) is 19.9. The average Bonchev–Trinajstić information content (AvgIpc) is 2.86. The van der Waals surface area contributed by atoms with Gasteiger partial charge in [-0.25, -0.2) is 4.79 Å².